The van der Waals surface area contributed by atoms with Gasteiger partial charge in [0.1, 0.15) is 29.3 Å². The number of para-hydroxylation sites is 1. The van der Waals surface area contributed by atoms with Crippen LogP contribution >= 0.6 is 0 Å². The molecule has 1 spiro atoms. The number of hydrogen-bond acceptors (Lipinski definition) is 3. The number of amides is 1. The molecule has 0 fully saturated rings. The average Bonchev–Trinajstić information content (AvgIpc) is 3.57. The fourth-order valence-corrected chi connectivity index (χ4v) is 5.86. The molecule has 0 aliphatic carbocycles. The summed E-state index contributed by atoms with van der Waals surface area (Å²) in [5, 5.41) is 0. The first-order valence-corrected chi connectivity index (χ1v) is 11.8. The Kier molecular flexibility index (Phi) is 4.31. The molecule has 5 heteroatoms. The van der Waals surface area contributed by atoms with Gasteiger partial charge in [0, 0.05) is 23.6 Å². The van der Waals surface area contributed by atoms with E-state index in [1.54, 1.807) is 11.0 Å². The van der Waals surface area contributed by atoms with E-state index in [9.17, 15) is 4.79 Å². The maximum atomic E-state index is 15.7. The Morgan fingerprint density at radius 3 is 2.23 bits per heavy atom. The lowest BCUT2D eigenvalue weighted by molar-refractivity contribution is -0.122. The second-order valence-electron chi connectivity index (χ2n) is 9.28. The van der Waals surface area contributed by atoms with Crippen molar-refractivity contribution in [2.45, 2.75) is 17.9 Å². The second kappa shape index (κ2) is 7.44. The third kappa shape index (κ3) is 2.75. The van der Waals surface area contributed by atoms with E-state index in [0.717, 1.165) is 34.4 Å². The molecule has 1 atom stereocenters. The summed E-state index contributed by atoms with van der Waals surface area (Å²) in [6, 6.07) is 28.0. The van der Waals surface area contributed by atoms with Gasteiger partial charge in [-0.3, -0.25) is 9.69 Å². The maximum absolute atomic E-state index is 15.7. The fraction of sp³-hybridized carbons (Fsp3) is 0.167. The number of carbonyl (C=O) groups excluding carboxylic acids is 1. The Morgan fingerprint density at radius 1 is 0.800 bits per heavy atom. The van der Waals surface area contributed by atoms with Crippen molar-refractivity contribution in [3.8, 4) is 11.5 Å². The van der Waals surface area contributed by atoms with E-state index in [1.165, 1.54) is 6.07 Å². The maximum Gasteiger partial charge on any atom is 0.246 e. The van der Waals surface area contributed by atoms with Crippen LogP contribution in [0.4, 0.5) is 10.1 Å². The highest BCUT2D eigenvalue weighted by molar-refractivity contribution is 6.12. The Bertz CT molecular complexity index is 1430. The van der Waals surface area contributed by atoms with E-state index in [-0.39, 0.29) is 12.5 Å². The fourth-order valence-electron chi connectivity index (χ4n) is 5.86. The highest BCUT2D eigenvalue weighted by atomic mass is 19.1. The Morgan fingerprint density at radius 2 is 1.51 bits per heavy atom. The van der Waals surface area contributed by atoms with Gasteiger partial charge >= 0.3 is 0 Å². The molecule has 0 N–H and O–H groups in total. The Hall–Kier alpha value is -4.12. The molecule has 1 amide bonds. The minimum atomic E-state index is -1.10. The number of nitrogens with zero attached hydrogens (tertiary/aromatic N) is 1. The molecular formula is C30H22FNO3. The van der Waals surface area contributed by atoms with E-state index >= 15 is 4.39 Å². The monoisotopic (exact) mass is 463 g/mol. The van der Waals surface area contributed by atoms with E-state index in [4.69, 9.17) is 9.47 Å². The molecule has 35 heavy (non-hydrogen) atoms. The molecule has 7 rings (SSSR count). The van der Waals surface area contributed by atoms with Gasteiger partial charge in [-0.2, -0.15) is 0 Å². The van der Waals surface area contributed by atoms with Crippen LogP contribution in [0, 0.1) is 5.82 Å². The molecular weight excluding hydrogens is 441 g/mol. The van der Waals surface area contributed by atoms with Crippen LogP contribution in [0.3, 0.4) is 0 Å². The zero-order chi connectivity index (χ0) is 23.6. The summed E-state index contributed by atoms with van der Waals surface area (Å²) >= 11 is 0. The lowest BCUT2D eigenvalue weighted by Gasteiger charge is -2.31. The third-order valence-electron chi connectivity index (χ3n) is 7.46. The minimum Gasteiger partial charge on any atom is -0.493 e. The smallest absolute Gasteiger partial charge is 0.246 e. The molecule has 0 bridgehead atoms. The first-order valence-electron chi connectivity index (χ1n) is 11.8. The van der Waals surface area contributed by atoms with Crippen molar-refractivity contribution in [1.29, 1.82) is 0 Å². The SMILES string of the molecule is O=C1N(C(c2ccccc2)c2ccccc2)c2c(F)cccc2C12COc1cc3c(cc12)CCO3. The van der Waals surface area contributed by atoms with Crippen molar-refractivity contribution < 1.29 is 18.7 Å². The number of halogens is 1. The molecule has 3 heterocycles. The van der Waals surface area contributed by atoms with Crippen molar-refractivity contribution in [2.24, 2.45) is 0 Å². The van der Waals surface area contributed by atoms with Crippen LogP contribution in [0.25, 0.3) is 0 Å². The molecule has 4 nitrogen and oxygen atoms in total. The summed E-state index contributed by atoms with van der Waals surface area (Å²) in [5.74, 6) is 0.844. The van der Waals surface area contributed by atoms with Crippen molar-refractivity contribution in [1.82, 2.24) is 0 Å². The van der Waals surface area contributed by atoms with Crippen LogP contribution in [0.1, 0.15) is 33.9 Å². The zero-order valence-corrected chi connectivity index (χ0v) is 18.9. The molecule has 172 valence electrons. The van der Waals surface area contributed by atoms with Crippen LogP contribution in [0.5, 0.6) is 11.5 Å². The number of fused-ring (bicyclic) bond motifs is 5. The van der Waals surface area contributed by atoms with Gasteiger partial charge in [-0.15, -0.1) is 0 Å². The Labute approximate surface area is 202 Å². The van der Waals surface area contributed by atoms with Gasteiger partial charge in [0.2, 0.25) is 5.91 Å². The number of anilines is 1. The van der Waals surface area contributed by atoms with Crippen LogP contribution in [-0.2, 0) is 16.6 Å². The molecule has 0 radical (unpaired) electrons. The van der Waals surface area contributed by atoms with Crippen molar-refractivity contribution >= 4 is 11.6 Å². The lowest BCUT2D eigenvalue weighted by atomic mass is 9.76. The summed E-state index contributed by atoms with van der Waals surface area (Å²) in [4.78, 5) is 16.3. The first-order chi connectivity index (χ1) is 17.2. The summed E-state index contributed by atoms with van der Waals surface area (Å²) in [7, 11) is 0. The van der Waals surface area contributed by atoms with Crippen molar-refractivity contribution in [2.75, 3.05) is 18.1 Å². The highest BCUT2D eigenvalue weighted by Gasteiger charge is 2.59. The standard InChI is InChI=1S/C30H22FNO3/c31-24-13-7-12-22-28(24)32(27(19-8-3-1-4-9-19)20-10-5-2-6-11-20)29(33)30(22)18-35-26-17-25-21(14-15-34-25)16-23(26)30/h1-13,16-17,27H,14-15,18H2. The Balaban J connectivity index is 1.48. The van der Waals surface area contributed by atoms with Gasteiger partial charge in [0.05, 0.1) is 18.3 Å². The molecule has 0 aromatic heterocycles. The molecule has 0 saturated heterocycles. The van der Waals surface area contributed by atoms with Crippen LogP contribution in [0.15, 0.2) is 91.0 Å². The quantitative estimate of drug-likeness (QED) is 0.398. The van der Waals surface area contributed by atoms with Gasteiger partial charge in [-0.25, -0.2) is 4.39 Å². The van der Waals surface area contributed by atoms with E-state index < -0.39 is 17.3 Å². The summed E-state index contributed by atoms with van der Waals surface area (Å²) < 4.78 is 27.5. The van der Waals surface area contributed by atoms with Crippen molar-refractivity contribution in [3.63, 3.8) is 0 Å². The van der Waals surface area contributed by atoms with Gasteiger partial charge in [0.25, 0.3) is 0 Å². The number of benzene rings is 4. The lowest BCUT2D eigenvalue weighted by Crippen LogP contribution is -2.44. The van der Waals surface area contributed by atoms with Gasteiger partial charge in [-0.05, 0) is 28.8 Å². The molecule has 3 aliphatic rings. The van der Waals surface area contributed by atoms with E-state index in [2.05, 4.69) is 0 Å². The number of rotatable bonds is 3. The van der Waals surface area contributed by atoms with E-state index in [1.807, 2.05) is 78.9 Å². The predicted molar refractivity (Wildman–Crippen MR) is 131 cm³/mol. The summed E-state index contributed by atoms with van der Waals surface area (Å²) in [6.07, 6.45) is 0.781. The van der Waals surface area contributed by atoms with Gasteiger partial charge < -0.3 is 9.47 Å². The predicted octanol–water partition coefficient (Wildman–Crippen LogP) is 5.58. The van der Waals surface area contributed by atoms with Crippen LogP contribution in [-0.4, -0.2) is 19.1 Å². The largest absolute Gasteiger partial charge is 0.493 e. The molecule has 3 aliphatic heterocycles. The number of hydrogen-bond donors (Lipinski definition) is 0. The minimum absolute atomic E-state index is 0.132. The van der Waals surface area contributed by atoms with Gasteiger partial charge in [-0.1, -0.05) is 72.8 Å². The van der Waals surface area contributed by atoms with Gasteiger partial charge in [0.15, 0.2) is 0 Å². The first kappa shape index (κ1) is 20.3. The van der Waals surface area contributed by atoms with Crippen molar-refractivity contribution in [3.05, 3.63) is 125 Å². The molecule has 4 aromatic rings. The molecule has 0 saturated carbocycles. The normalized spacial score (nSPS) is 19.5. The van der Waals surface area contributed by atoms with E-state index in [0.29, 0.717) is 23.6 Å². The molecule has 1 unspecified atom stereocenters. The van der Waals surface area contributed by atoms with Crippen LogP contribution < -0.4 is 14.4 Å². The topological polar surface area (TPSA) is 38.8 Å². The third-order valence-corrected chi connectivity index (χ3v) is 7.46. The van der Waals surface area contributed by atoms with Crippen LogP contribution in [0.2, 0.25) is 0 Å². The number of carbonyl (C=O) groups is 1. The summed E-state index contributed by atoms with van der Waals surface area (Å²) in [6.45, 7) is 0.744. The number of ether oxygens (including phenoxy) is 2. The second-order valence-corrected chi connectivity index (χ2v) is 9.28. The summed E-state index contributed by atoms with van der Waals surface area (Å²) in [5.41, 5.74) is 3.55. The highest BCUT2D eigenvalue weighted by Crippen LogP contribution is 2.56. The average molecular weight is 464 g/mol. The zero-order valence-electron chi connectivity index (χ0n) is 18.9. The molecule has 4 aromatic carbocycles.